The van der Waals surface area contributed by atoms with Crippen LogP contribution in [0.15, 0.2) is 0 Å². The summed E-state index contributed by atoms with van der Waals surface area (Å²) in [6.07, 6.45) is 1.09. The summed E-state index contributed by atoms with van der Waals surface area (Å²) in [4.78, 5) is 25.3. The van der Waals surface area contributed by atoms with Gasteiger partial charge in [0.15, 0.2) is 0 Å². The summed E-state index contributed by atoms with van der Waals surface area (Å²) in [7, 11) is 0. The van der Waals surface area contributed by atoms with Crippen LogP contribution >= 0.6 is 11.5 Å². The molecular weight excluding hydrogens is 282 g/mol. The summed E-state index contributed by atoms with van der Waals surface area (Å²) in [6.45, 7) is 3.15. The zero-order valence-corrected chi connectivity index (χ0v) is 12.1. The van der Waals surface area contributed by atoms with E-state index in [1.165, 1.54) is 0 Å². The lowest BCUT2D eigenvalue weighted by Crippen LogP contribution is -2.46. The van der Waals surface area contributed by atoms with Crippen LogP contribution in [0.1, 0.15) is 35.1 Å². The molecule has 1 unspecified atom stereocenters. The molecule has 0 saturated carbocycles. The fourth-order valence-corrected chi connectivity index (χ4v) is 2.81. The second kappa shape index (κ2) is 6.76. The molecule has 1 atom stereocenters. The van der Waals surface area contributed by atoms with E-state index >= 15 is 0 Å². The largest absolute Gasteiger partial charge is 0.481 e. The molecule has 1 N–H and O–H groups in total. The van der Waals surface area contributed by atoms with E-state index in [9.17, 15) is 9.59 Å². The first-order valence-corrected chi connectivity index (χ1v) is 7.33. The van der Waals surface area contributed by atoms with Gasteiger partial charge in [-0.3, -0.25) is 9.59 Å². The molecule has 1 aromatic heterocycles. The standard InChI is InChI=1S/C12H17N3O4S/c1-2-3-9-11(20-14-13-9)12(18)15-4-5-19-8(7-15)6-10(16)17/h8H,2-7H2,1H3,(H,16,17). The number of hydrogen-bond donors (Lipinski definition) is 1. The summed E-state index contributed by atoms with van der Waals surface area (Å²) < 4.78 is 9.20. The Bertz CT molecular complexity index is 491. The van der Waals surface area contributed by atoms with E-state index in [0.29, 0.717) is 24.6 Å². The van der Waals surface area contributed by atoms with E-state index in [1.807, 2.05) is 6.92 Å². The maximum Gasteiger partial charge on any atom is 0.306 e. The first-order valence-electron chi connectivity index (χ1n) is 6.55. The van der Waals surface area contributed by atoms with Crippen molar-refractivity contribution in [3.63, 3.8) is 0 Å². The molecule has 1 aliphatic rings. The second-order valence-corrected chi connectivity index (χ2v) is 5.39. The fraction of sp³-hybridized carbons (Fsp3) is 0.667. The maximum atomic E-state index is 12.4. The average Bonchev–Trinajstić information content (AvgIpc) is 2.86. The first-order chi connectivity index (χ1) is 9.61. The molecule has 2 rings (SSSR count). The molecule has 2 heterocycles. The molecule has 0 aliphatic carbocycles. The topological polar surface area (TPSA) is 92.6 Å². The van der Waals surface area contributed by atoms with E-state index in [1.54, 1.807) is 4.90 Å². The number of carboxylic acids is 1. The van der Waals surface area contributed by atoms with Crippen LogP contribution in [0.3, 0.4) is 0 Å². The summed E-state index contributed by atoms with van der Waals surface area (Å²) in [5.41, 5.74) is 0.726. The number of ether oxygens (including phenoxy) is 1. The molecule has 20 heavy (non-hydrogen) atoms. The van der Waals surface area contributed by atoms with Gasteiger partial charge in [0.25, 0.3) is 5.91 Å². The number of carbonyl (C=O) groups is 2. The molecule has 7 nitrogen and oxygen atoms in total. The highest BCUT2D eigenvalue weighted by atomic mass is 32.1. The number of nitrogens with zero attached hydrogens (tertiary/aromatic N) is 3. The summed E-state index contributed by atoms with van der Waals surface area (Å²) in [5, 5.41) is 12.8. The second-order valence-electron chi connectivity index (χ2n) is 4.64. The smallest absolute Gasteiger partial charge is 0.306 e. The Morgan fingerprint density at radius 1 is 1.55 bits per heavy atom. The Balaban J connectivity index is 2.04. The lowest BCUT2D eigenvalue weighted by atomic mass is 10.2. The lowest BCUT2D eigenvalue weighted by Gasteiger charge is -2.32. The van der Waals surface area contributed by atoms with Gasteiger partial charge in [-0.2, -0.15) is 0 Å². The third kappa shape index (κ3) is 3.51. The van der Waals surface area contributed by atoms with Gasteiger partial charge in [-0.1, -0.05) is 17.8 Å². The van der Waals surface area contributed by atoms with Crippen molar-refractivity contribution in [2.75, 3.05) is 19.7 Å². The molecule has 1 aliphatic heterocycles. The van der Waals surface area contributed by atoms with Crippen molar-refractivity contribution in [1.29, 1.82) is 0 Å². The quantitative estimate of drug-likeness (QED) is 0.864. The van der Waals surface area contributed by atoms with Gasteiger partial charge in [0.05, 0.1) is 24.8 Å². The zero-order valence-electron chi connectivity index (χ0n) is 11.2. The number of morpholine rings is 1. The van der Waals surface area contributed by atoms with Crippen LogP contribution in [0.2, 0.25) is 0 Å². The van der Waals surface area contributed by atoms with Crippen LogP contribution in [0.4, 0.5) is 0 Å². The molecule has 1 fully saturated rings. The molecule has 1 aromatic rings. The molecule has 1 saturated heterocycles. The van der Waals surface area contributed by atoms with E-state index in [2.05, 4.69) is 9.59 Å². The van der Waals surface area contributed by atoms with Crippen LogP contribution in [0.25, 0.3) is 0 Å². The minimum atomic E-state index is -0.921. The van der Waals surface area contributed by atoms with Gasteiger partial charge < -0.3 is 14.7 Å². The number of carbonyl (C=O) groups excluding carboxylic acids is 1. The molecular formula is C12H17N3O4S. The van der Waals surface area contributed by atoms with Crippen molar-refractivity contribution in [2.24, 2.45) is 0 Å². The van der Waals surface area contributed by atoms with Crippen molar-refractivity contribution in [1.82, 2.24) is 14.5 Å². The molecule has 0 aromatic carbocycles. The Morgan fingerprint density at radius 3 is 3.05 bits per heavy atom. The average molecular weight is 299 g/mol. The van der Waals surface area contributed by atoms with Crippen LogP contribution < -0.4 is 0 Å². The monoisotopic (exact) mass is 299 g/mol. The lowest BCUT2D eigenvalue weighted by molar-refractivity contribution is -0.141. The van der Waals surface area contributed by atoms with Gasteiger partial charge in [0.2, 0.25) is 0 Å². The van der Waals surface area contributed by atoms with Gasteiger partial charge in [-0.25, -0.2) is 0 Å². The number of hydrogen-bond acceptors (Lipinski definition) is 6. The maximum absolute atomic E-state index is 12.4. The number of aromatic nitrogens is 2. The summed E-state index contributed by atoms with van der Waals surface area (Å²) >= 11 is 1.10. The van der Waals surface area contributed by atoms with E-state index < -0.39 is 12.1 Å². The Hall–Kier alpha value is -1.54. The molecule has 8 heteroatoms. The van der Waals surface area contributed by atoms with Gasteiger partial charge in [-0.05, 0) is 18.0 Å². The van der Waals surface area contributed by atoms with Crippen molar-refractivity contribution in [3.05, 3.63) is 10.6 Å². The van der Waals surface area contributed by atoms with Crippen molar-refractivity contribution >= 4 is 23.4 Å². The van der Waals surface area contributed by atoms with Gasteiger partial charge in [0, 0.05) is 13.1 Å². The molecule has 1 amide bonds. The van der Waals surface area contributed by atoms with E-state index in [0.717, 1.165) is 30.1 Å². The van der Waals surface area contributed by atoms with Crippen LogP contribution in [0, 0.1) is 0 Å². The Morgan fingerprint density at radius 2 is 2.35 bits per heavy atom. The van der Waals surface area contributed by atoms with Crippen LogP contribution in [-0.4, -0.2) is 57.3 Å². The molecule has 110 valence electrons. The van der Waals surface area contributed by atoms with E-state index in [-0.39, 0.29) is 12.3 Å². The Labute approximate surface area is 120 Å². The number of amides is 1. The molecule has 0 bridgehead atoms. The minimum absolute atomic E-state index is 0.0907. The van der Waals surface area contributed by atoms with Crippen LogP contribution in [-0.2, 0) is 16.0 Å². The SMILES string of the molecule is CCCc1nnsc1C(=O)N1CCOC(CC(=O)O)C1. The van der Waals surface area contributed by atoms with E-state index in [4.69, 9.17) is 9.84 Å². The third-order valence-corrected chi connectivity index (χ3v) is 3.82. The Kier molecular flexibility index (Phi) is 5.02. The predicted octanol–water partition coefficient (Wildman–Crippen LogP) is 0.806. The number of aryl methyl sites for hydroxylation is 1. The highest BCUT2D eigenvalue weighted by Crippen LogP contribution is 2.18. The van der Waals surface area contributed by atoms with Crippen LogP contribution in [0.5, 0.6) is 0 Å². The summed E-state index contributed by atoms with van der Waals surface area (Å²) in [5.74, 6) is -1.04. The van der Waals surface area contributed by atoms with Crippen molar-refractivity contribution in [3.8, 4) is 0 Å². The third-order valence-electron chi connectivity index (χ3n) is 3.07. The van der Waals surface area contributed by atoms with Crippen molar-refractivity contribution in [2.45, 2.75) is 32.3 Å². The highest BCUT2D eigenvalue weighted by molar-refractivity contribution is 7.08. The number of rotatable bonds is 5. The van der Waals surface area contributed by atoms with Gasteiger partial charge in [0.1, 0.15) is 4.88 Å². The number of aliphatic carboxylic acids is 1. The predicted molar refractivity (Wildman–Crippen MR) is 71.8 cm³/mol. The molecule has 0 spiro atoms. The minimum Gasteiger partial charge on any atom is -0.481 e. The van der Waals surface area contributed by atoms with Gasteiger partial charge in [-0.15, -0.1) is 5.10 Å². The number of carboxylic acid groups (broad SMARTS) is 1. The normalized spacial score (nSPS) is 19.1. The first kappa shape index (κ1) is 14.9. The van der Waals surface area contributed by atoms with Gasteiger partial charge >= 0.3 is 5.97 Å². The summed E-state index contributed by atoms with van der Waals surface area (Å²) in [6, 6.07) is 0. The zero-order chi connectivity index (χ0) is 14.5. The fourth-order valence-electron chi connectivity index (χ4n) is 2.14. The highest BCUT2D eigenvalue weighted by Gasteiger charge is 2.29. The molecule has 0 radical (unpaired) electrons. The van der Waals surface area contributed by atoms with Crippen molar-refractivity contribution < 1.29 is 19.4 Å².